The molecule has 0 aliphatic heterocycles. The molecule has 0 bridgehead atoms. The van der Waals surface area contributed by atoms with Crippen LogP contribution < -0.4 is 11.0 Å². The van der Waals surface area contributed by atoms with Gasteiger partial charge in [-0.05, 0) is 43.4 Å². The minimum absolute atomic E-state index is 0.182. The Kier molecular flexibility index (Phi) is 3.96. The van der Waals surface area contributed by atoms with Crippen LogP contribution in [0.1, 0.15) is 34.2 Å². The molecule has 3 aromatic rings. The summed E-state index contributed by atoms with van der Waals surface area (Å²) in [5.41, 5.74) is 0.413. The quantitative estimate of drug-likeness (QED) is 0.708. The Hall–Kier alpha value is -2.75. The maximum Gasteiger partial charge on any atom is 0.346 e. The van der Waals surface area contributed by atoms with Crippen LogP contribution in [0.3, 0.4) is 0 Å². The summed E-state index contributed by atoms with van der Waals surface area (Å²) in [7, 11) is 0. The van der Waals surface area contributed by atoms with Gasteiger partial charge in [-0.3, -0.25) is 9.36 Å². The van der Waals surface area contributed by atoms with Gasteiger partial charge < -0.3 is 9.73 Å². The lowest BCUT2D eigenvalue weighted by atomic mass is 10.4. The van der Waals surface area contributed by atoms with Crippen LogP contribution in [0.2, 0.25) is 0 Å². The zero-order valence-corrected chi connectivity index (χ0v) is 14.3. The van der Waals surface area contributed by atoms with Crippen molar-refractivity contribution in [3.63, 3.8) is 0 Å². The van der Waals surface area contributed by atoms with Crippen molar-refractivity contribution in [2.75, 3.05) is 6.54 Å². The van der Waals surface area contributed by atoms with Gasteiger partial charge in [-0.1, -0.05) is 4.49 Å². The first-order valence-corrected chi connectivity index (χ1v) is 8.73. The summed E-state index contributed by atoms with van der Waals surface area (Å²) in [6, 6.07) is 3.73. The molecule has 0 radical (unpaired) electrons. The number of hydrogen-bond acceptors (Lipinski definition) is 7. The molecule has 1 saturated carbocycles. The smallest absolute Gasteiger partial charge is 0.346 e. The Balaban J connectivity index is 1.50. The third-order valence-corrected chi connectivity index (χ3v) is 4.82. The van der Waals surface area contributed by atoms with Crippen LogP contribution in [0.15, 0.2) is 27.6 Å². The van der Waals surface area contributed by atoms with Crippen molar-refractivity contribution in [3.8, 4) is 11.6 Å². The Morgan fingerprint density at radius 2 is 2.32 bits per heavy atom. The molecule has 25 heavy (non-hydrogen) atoms. The average Bonchev–Trinajstić information content (AvgIpc) is 2.99. The first-order valence-electron chi connectivity index (χ1n) is 7.95. The van der Waals surface area contributed by atoms with Crippen LogP contribution in [0.4, 0.5) is 0 Å². The zero-order valence-electron chi connectivity index (χ0n) is 13.5. The molecule has 130 valence electrons. The van der Waals surface area contributed by atoms with Crippen molar-refractivity contribution in [1.82, 2.24) is 29.3 Å². The van der Waals surface area contributed by atoms with E-state index >= 15 is 0 Å². The van der Waals surface area contributed by atoms with Gasteiger partial charge in [0.05, 0.1) is 18.5 Å². The van der Waals surface area contributed by atoms with Gasteiger partial charge in [0.25, 0.3) is 5.91 Å². The second kappa shape index (κ2) is 6.28. The molecule has 0 spiro atoms. The fraction of sp³-hybridized carbons (Fsp3) is 0.400. The number of amides is 1. The standard InChI is InChI=1S/C15H16N6O3S/c1-9-12(25-19-17-9)14(22)16-6-7-20-15(23)21(10-4-5-10)13(18-20)11-3-2-8-24-11/h2-3,8,10H,4-7H2,1H3,(H,16,22). The van der Waals surface area contributed by atoms with Crippen LogP contribution in [0, 0.1) is 6.92 Å². The van der Waals surface area contributed by atoms with Gasteiger partial charge in [0.15, 0.2) is 5.76 Å². The molecular weight excluding hydrogens is 344 g/mol. The fourth-order valence-electron chi connectivity index (χ4n) is 2.60. The normalized spacial score (nSPS) is 14.0. The van der Waals surface area contributed by atoms with E-state index in [4.69, 9.17) is 4.42 Å². The van der Waals surface area contributed by atoms with Crippen LogP contribution in [0.25, 0.3) is 11.6 Å². The van der Waals surface area contributed by atoms with Gasteiger partial charge in [-0.15, -0.1) is 10.2 Å². The maximum absolute atomic E-state index is 12.6. The van der Waals surface area contributed by atoms with Crippen molar-refractivity contribution in [2.45, 2.75) is 32.4 Å². The zero-order chi connectivity index (χ0) is 17.4. The second-order valence-electron chi connectivity index (χ2n) is 5.85. The van der Waals surface area contributed by atoms with E-state index in [1.54, 1.807) is 29.9 Å². The SMILES string of the molecule is Cc1nnsc1C(=O)NCCn1nc(-c2ccco2)n(C2CC2)c1=O. The van der Waals surface area contributed by atoms with Gasteiger partial charge in [-0.25, -0.2) is 9.48 Å². The Morgan fingerprint density at radius 3 is 2.96 bits per heavy atom. The predicted octanol–water partition coefficient (Wildman–Crippen LogP) is 1.23. The number of rotatable bonds is 6. The number of nitrogens with zero attached hydrogens (tertiary/aromatic N) is 5. The molecule has 0 aromatic carbocycles. The highest BCUT2D eigenvalue weighted by atomic mass is 32.1. The monoisotopic (exact) mass is 360 g/mol. The lowest BCUT2D eigenvalue weighted by molar-refractivity contribution is 0.0955. The second-order valence-corrected chi connectivity index (χ2v) is 6.61. The molecule has 0 saturated heterocycles. The molecule has 1 aliphatic carbocycles. The van der Waals surface area contributed by atoms with Crippen LogP contribution >= 0.6 is 11.5 Å². The molecule has 3 heterocycles. The summed E-state index contributed by atoms with van der Waals surface area (Å²) in [6.07, 6.45) is 3.49. The number of furan rings is 1. The first kappa shape index (κ1) is 15.8. The molecule has 10 heteroatoms. The molecule has 3 aromatic heterocycles. The van der Waals surface area contributed by atoms with E-state index in [0.717, 1.165) is 24.4 Å². The van der Waals surface area contributed by atoms with Crippen molar-refractivity contribution in [2.24, 2.45) is 0 Å². The maximum atomic E-state index is 12.6. The van der Waals surface area contributed by atoms with E-state index in [0.29, 0.717) is 22.2 Å². The Morgan fingerprint density at radius 1 is 1.48 bits per heavy atom. The van der Waals surface area contributed by atoms with Gasteiger partial charge in [0.2, 0.25) is 5.82 Å². The average molecular weight is 360 g/mol. The molecule has 0 atom stereocenters. The minimum Gasteiger partial charge on any atom is -0.461 e. The van der Waals surface area contributed by atoms with Crippen LogP contribution in [0.5, 0.6) is 0 Å². The molecule has 1 N–H and O–H groups in total. The number of nitrogens with one attached hydrogen (secondary N) is 1. The van der Waals surface area contributed by atoms with Gasteiger partial charge in [0, 0.05) is 12.6 Å². The molecular formula is C15H16N6O3S. The Labute approximate surface area is 146 Å². The van der Waals surface area contributed by atoms with E-state index in [2.05, 4.69) is 20.0 Å². The molecule has 1 aliphatic rings. The van der Waals surface area contributed by atoms with E-state index < -0.39 is 0 Å². The van der Waals surface area contributed by atoms with E-state index in [-0.39, 0.29) is 30.7 Å². The van der Waals surface area contributed by atoms with E-state index in [1.165, 1.54) is 4.68 Å². The summed E-state index contributed by atoms with van der Waals surface area (Å²) in [5.74, 6) is 0.859. The molecule has 1 amide bonds. The van der Waals surface area contributed by atoms with Crippen LogP contribution in [-0.2, 0) is 6.54 Å². The van der Waals surface area contributed by atoms with Crippen molar-refractivity contribution in [3.05, 3.63) is 39.5 Å². The number of carbonyl (C=O) groups excluding carboxylic acids is 1. The van der Waals surface area contributed by atoms with Gasteiger partial charge >= 0.3 is 5.69 Å². The summed E-state index contributed by atoms with van der Waals surface area (Å²) in [6.45, 7) is 2.30. The third kappa shape index (κ3) is 3.00. The lowest BCUT2D eigenvalue weighted by Crippen LogP contribution is -2.32. The fourth-order valence-corrected chi connectivity index (χ4v) is 3.17. The highest BCUT2D eigenvalue weighted by Crippen LogP contribution is 2.36. The van der Waals surface area contributed by atoms with Crippen molar-refractivity contribution >= 4 is 17.4 Å². The predicted molar refractivity (Wildman–Crippen MR) is 89.4 cm³/mol. The van der Waals surface area contributed by atoms with Crippen LogP contribution in [-0.4, -0.2) is 36.4 Å². The molecule has 4 rings (SSSR count). The highest BCUT2D eigenvalue weighted by Gasteiger charge is 2.31. The van der Waals surface area contributed by atoms with Gasteiger partial charge in [-0.2, -0.15) is 0 Å². The summed E-state index contributed by atoms with van der Waals surface area (Å²) >= 11 is 1.05. The Bertz CT molecular complexity index is 950. The number of carbonyl (C=O) groups is 1. The summed E-state index contributed by atoms with van der Waals surface area (Å²) in [4.78, 5) is 25.2. The summed E-state index contributed by atoms with van der Waals surface area (Å²) in [5, 5.41) is 11.0. The first-order chi connectivity index (χ1) is 12.1. The van der Waals surface area contributed by atoms with E-state index in [1.807, 2.05) is 0 Å². The molecule has 0 unspecified atom stereocenters. The van der Waals surface area contributed by atoms with Gasteiger partial charge in [0.1, 0.15) is 4.88 Å². The largest absolute Gasteiger partial charge is 0.461 e. The molecule has 1 fully saturated rings. The highest BCUT2D eigenvalue weighted by molar-refractivity contribution is 7.07. The number of aromatic nitrogens is 5. The minimum atomic E-state index is -0.242. The third-order valence-electron chi connectivity index (χ3n) is 3.99. The lowest BCUT2D eigenvalue weighted by Gasteiger charge is -2.03. The number of aryl methyl sites for hydroxylation is 1. The van der Waals surface area contributed by atoms with Crippen molar-refractivity contribution < 1.29 is 9.21 Å². The molecule has 9 nitrogen and oxygen atoms in total. The van der Waals surface area contributed by atoms with E-state index in [9.17, 15) is 9.59 Å². The number of hydrogen-bond donors (Lipinski definition) is 1. The summed E-state index contributed by atoms with van der Waals surface area (Å²) < 4.78 is 12.2. The van der Waals surface area contributed by atoms with Crippen molar-refractivity contribution in [1.29, 1.82) is 0 Å². The topological polar surface area (TPSA) is 108 Å².